The van der Waals surface area contributed by atoms with Gasteiger partial charge in [0.25, 0.3) is 0 Å². The Morgan fingerprint density at radius 1 is 1.44 bits per heavy atom. The van der Waals surface area contributed by atoms with E-state index in [1.54, 1.807) is 11.3 Å². The Kier molecular flexibility index (Phi) is 4.33. The maximum absolute atomic E-state index is 9.11. The van der Waals surface area contributed by atoms with Gasteiger partial charge in [0.05, 0.1) is 12.0 Å². The van der Waals surface area contributed by atoms with E-state index in [0.29, 0.717) is 5.95 Å². The number of thiophene rings is 1. The van der Waals surface area contributed by atoms with Crippen molar-refractivity contribution in [1.29, 1.82) is 0 Å². The van der Waals surface area contributed by atoms with Gasteiger partial charge in [-0.1, -0.05) is 6.92 Å². The van der Waals surface area contributed by atoms with Gasteiger partial charge in [0.15, 0.2) is 0 Å². The first-order valence-electron chi connectivity index (χ1n) is 6.11. The summed E-state index contributed by atoms with van der Waals surface area (Å²) in [6, 6.07) is 1.97. The molecule has 0 saturated heterocycles. The van der Waals surface area contributed by atoms with Gasteiger partial charge in [-0.15, -0.1) is 11.3 Å². The van der Waals surface area contributed by atoms with Crippen molar-refractivity contribution >= 4 is 33.3 Å². The van der Waals surface area contributed by atoms with Gasteiger partial charge in [-0.2, -0.15) is 4.98 Å². The summed E-state index contributed by atoms with van der Waals surface area (Å²) in [6.07, 6.45) is 1.03. The Morgan fingerprint density at radius 3 is 3.00 bits per heavy atom. The highest BCUT2D eigenvalue weighted by Gasteiger charge is 2.10. The first kappa shape index (κ1) is 13.0. The third kappa shape index (κ3) is 2.88. The smallest absolute Gasteiger partial charge is 0.226 e. The zero-order chi connectivity index (χ0) is 13.0. The molecule has 5 nitrogen and oxygen atoms in total. The SMILES string of the molecule is CCCNc1nc(NC(C)CO)c2ccsc2n1. The monoisotopic (exact) mass is 266 g/mol. The van der Waals surface area contributed by atoms with Crippen LogP contribution >= 0.6 is 11.3 Å². The van der Waals surface area contributed by atoms with Crippen molar-refractivity contribution in [1.82, 2.24) is 9.97 Å². The minimum atomic E-state index is -0.0259. The van der Waals surface area contributed by atoms with Crippen molar-refractivity contribution in [3.63, 3.8) is 0 Å². The molecule has 0 bridgehead atoms. The van der Waals surface area contributed by atoms with Gasteiger partial charge in [-0.25, -0.2) is 4.98 Å². The van der Waals surface area contributed by atoms with Crippen LogP contribution in [0.5, 0.6) is 0 Å². The van der Waals surface area contributed by atoms with E-state index >= 15 is 0 Å². The molecule has 0 fully saturated rings. The van der Waals surface area contributed by atoms with E-state index < -0.39 is 0 Å². The number of aliphatic hydroxyl groups is 1. The van der Waals surface area contributed by atoms with E-state index in [2.05, 4.69) is 27.5 Å². The van der Waals surface area contributed by atoms with Crippen LogP contribution in [0.15, 0.2) is 11.4 Å². The van der Waals surface area contributed by atoms with Crippen LogP contribution in [0.25, 0.3) is 10.2 Å². The molecule has 2 aromatic rings. The summed E-state index contributed by atoms with van der Waals surface area (Å²) in [4.78, 5) is 9.88. The Morgan fingerprint density at radius 2 is 2.28 bits per heavy atom. The maximum Gasteiger partial charge on any atom is 0.226 e. The minimum Gasteiger partial charge on any atom is -0.394 e. The van der Waals surface area contributed by atoms with Crippen molar-refractivity contribution in [3.8, 4) is 0 Å². The summed E-state index contributed by atoms with van der Waals surface area (Å²) in [6.45, 7) is 4.95. The van der Waals surface area contributed by atoms with Gasteiger partial charge in [0, 0.05) is 12.6 Å². The molecule has 0 aliphatic rings. The van der Waals surface area contributed by atoms with Crippen molar-refractivity contribution in [2.45, 2.75) is 26.3 Å². The van der Waals surface area contributed by atoms with Crippen LogP contribution in [0, 0.1) is 0 Å². The average Bonchev–Trinajstić information content (AvgIpc) is 2.84. The molecule has 0 saturated carbocycles. The predicted octanol–water partition coefficient (Wildman–Crippen LogP) is 2.31. The fourth-order valence-corrected chi connectivity index (χ4v) is 2.32. The number of hydrogen-bond donors (Lipinski definition) is 3. The van der Waals surface area contributed by atoms with Crippen LogP contribution in [0.1, 0.15) is 20.3 Å². The lowest BCUT2D eigenvalue weighted by atomic mass is 10.3. The average molecular weight is 266 g/mol. The topological polar surface area (TPSA) is 70.1 Å². The molecule has 2 aromatic heterocycles. The molecular formula is C12H18N4OS. The van der Waals surface area contributed by atoms with E-state index in [1.807, 2.05) is 18.4 Å². The summed E-state index contributed by atoms with van der Waals surface area (Å²) in [5.41, 5.74) is 0. The zero-order valence-corrected chi connectivity index (χ0v) is 11.4. The number of rotatable bonds is 6. The van der Waals surface area contributed by atoms with Crippen LogP contribution < -0.4 is 10.6 Å². The van der Waals surface area contributed by atoms with E-state index in [4.69, 9.17) is 5.11 Å². The quantitative estimate of drug-likeness (QED) is 0.748. The Bertz CT molecular complexity index is 514. The summed E-state index contributed by atoms with van der Waals surface area (Å²) in [5.74, 6) is 1.42. The highest BCUT2D eigenvalue weighted by atomic mass is 32.1. The molecule has 0 spiro atoms. The zero-order valence-electron chi connectivity index (χ0n) is 10.6. The van der Waals surface area contributed by atoms with Gasteiger partial charge in [-0.05, 0) is 24.8 Å². The van der Waals surface area contributed by atoms with E-state index in [0.717, 1.165) is 29.0 Å². The Hall–Kier alpha value is -1.40. The summed E-state index contributed by atoms with van der Waals surface area (Å²) in [5, 5.41) is 18.5. The van der Waals surface area contributed by atoms with E-state index in [1.165, 1.54) is 0 Å². The predicted molar refractivity (Wildman–Crippen MR) is 76.4 cm³/mol. The Labute approximate surface area is 110 Å². The third-order valence-electron chi connectivity index (χ3n) is 2.52. The lowest BCUT2D eigenvalue weighted by Gasteiger charge is -2.13. The van der Waals surface area contributed by atoms with Crippen molar-refractivity contribution in [3.05, 3.63) is 11.4 Å². The molecule has 0 aromatic carbocycles. The summed E-state index contributed by atoms with van der Waals surface area (Å²) >= 11 is 1.59. The fourth-order valence-electron chi connectivity index (χ4n) is 1.56. The maximum atomic E-state index is 9.11. The summed E-state index contributed by atoms with van der Waals surface area (Å²) < 4.78 is 0. The van der Waals surface area contributed by atoms with Crippen molar-refractivity contribution in [2.75, 3.05) is 23.8 Å². The number of aliphatic hydroxyl groups excluding tert-OH is 1. The second kappa shape index (κ2) is 5.97. The highest BCUT2D eigenvalue weighted by Crippen LogP contribution is 2.26. The van der Waals surface area contributed by atoms with E-state index in [9.17, 15) is 0 Å². The number of nitrogens with zero attached hydrogens (tertiary/aromatic N) is 2. The first-order chi connectivity index (χ1) is 8.74. The first-order valence-corrected chi connectivity index (χ1v) is 6.99. The third-order valence-corrected chi connectivity index (χ3v) is 3.32. The Balaban J connectivity index is 2.32. The standard InChI is InChI=1S/C12H18N4OS/c1-3-5-13-12-15-10(14-8(2)7-17)9-4-6-18-11(9)16-12/h4,6,8,17H,3,5,7H2,1-2H3,(H2,13,14,15,16). The number of anilines is 2. The molecule has 2 heterocycles. The normalized spacial score (nSPS) is 12.6. The molecule has 0 radical (unpaired) electrons. The molecule has 0 aliphatic heterocycles. The van der Waals surface area contributed by atoms with Crippen LogP contribution in [-0.2, 0) is 0 Å². The molecule has 6 heteroatoms. The molecule has 2 rings (SSSR count). The van der Waals surface area contributed by atoms with Gasteiger partial charge < -0.3 is 15.7 Å². The molecule has 98 valence electrons. The van der Waals surface area contributed by atoms with Crippen molar-refractivity contribution < 1.29 is 5.11 Å². The lowest BCUT2D eigenvalue weighted by Crippen LogP contribution is -2.20. The second-order valence-electron chi connectivity index (χ2n) is 4.19. The van der Waals surface area contributed by atoms with Crippen LogP contribution in [-0.4, -0.2) is 34.3 Å². The fraction of sp³-hybridized carbons (Fsp3) is 0.500. The number of nitrogens with one attached hydrogen (secondary N) is 2. The molecule has 18 heavy (non-hydrogen) atoms. The number of fused-ring (bicyclic) bond motifs is 1. The van der Waals surface area contributed by atoms with Gasteiger partial charge in [-0.3, -0.25) is 0 Å². The van der Waals surface area contributed by atoms with Crippen LogP contribution in [0.2, 0.25) is 0 Å². The van der Waals surface area contributed by atoms with Crippen LogP contribution in [0.3, 0.4) is 0 Å². The lowest BCUT2D eigenvalue weighted by molar-refractivity contribution is 0.281. The molecule has 3 N–H and O–H groups in total. The molecule has 1 unspecified atom stereocenters. The van der Waals surface area contributed by atoms with Gasteiger partial charge >= 0.3 is 0 Å². The molecule has 1 atom stereocenters. The molecular weight excluding hydrogens is 248 g/mol. The van der Waals surface area contributed by atoms with Gasteiger partial charge in [0.1, 0.15) is 10.6 Å². The van der Waals surface area contributed by atoms with E-state index in [-0.39, 0.29) is 12.6 Å². The number of hydrogen-bond acceptors (Lipinski definition) is 6. The van der Waals surface area contributed by atoms with Crippen LogP contribution in [0.4, 0.5) is 11.8 Å². The van der Waals surface area contributed by atoms with Crippen molar-refractivity contribution in [2.24, 2.45) is 0 Å². The summed E-state index contributed by atoms with van der Waals surface area (Å²) in [7, 11) is 0. The highest BCUT2D eigenvalue weighted by molar-refractivity contribution is 7.16. The molecule has 0 amide bonds. The molecule has 0 aliphatic carbocycles. The largest absolute Gasteiger partial charge is 0.394 e. The second-order valence-corrected chi connectivity index (χ2v) is 5.08. The van der Waals surface area contributed by atoms with Gasteiger partial charge in [0.2, 0.25) is 5.95 Å². The minimum absolute atomic E-state index is 0.0259. The number of aromatic nitrogens is 2.